The number of hydrogen-bond donors (Lipinski definition) is 0. The second kappa shape index (κ2) is 7.46. The first-order chi connectivity index (χ1) is 10.9. The summed E-state index contributed by atoms with van der Waals surface area (Å²) in [6.45, 7) is 4.29. The second-order valence-electron chi connectivity index (χ2n) is 5.50. The molecule has 124 valence electrons. The molecule has 0 aliphatic heterocycles. The predicted molar refractivity (Wildman–Crippen MR) is 92.1 cm³/mol. The molecule has 0 N–H and O–H groups in total. The number of carbonyl (C=O) groups is 1. The Morgan fingerprint density at radius 2 is 2.00 bits per heavy atom. The summed E-state index contributed by atoms with van der Waals surface area (Å²) in [6, 6.07) is 7.66. The van der Waals surface area contributed by atoms with Gasteiger partial charge in [-0.05, 0) is 31.5 Å². The van der Waals surface area contributed by atoms with Crippen molar-refractivity contribution in [2.45, 2.75) is 32.9 Å². The van der Waals surface area contributed by atoms with Gasteiger partial charge in [0.25, 0.3) is 0 Å². The molecule has 2 aromatic rings. The van der Waals surface area contributed by atoms with Gasteiger partial charge in [-0.25, -0.2) is 0 Å². The lowest BCUT2D eigenvalue weighted by Crippen LogP contribution is -2.31. The molecule has 0 aliphatic carbocycles. The quantitative estimate of drug-likeness (QED) is 0.816. The van der Waals surface area contributed by atoms with Crippen molar-refractivity contribution < 1.29 is 9.53 Å². The van der Waals surface area contributed by atoms with Crippen molar-refractivity contribution in [2.75, 3.05) is 14.2 Å². The molecule has 0 saturated carbocycles. The number of nitrogens with zero attached hydrogens (tertiary/aromatic N) is 2. The van der Waals surface area contributed by atoms with Crippen LogP contribution in [0.3, 0.4) is 0 Å². The van der Waals surface area contributed by atoms with Crippen molar-refractivity contribution in [3.05, 3.63) is 50.6 Å². The van der Waals surface area contributed by atoms with Gasteiger partial charge in [0.15, 0.2) is 0 Å². The van der Waals surface area contributed by atoms with E-state index >= 15 is 0 Å². The number of carbonyl (C=O) groups excluding carboxylic acids is 1. The molecule has 2 rings (SSSR count). The number of amides is 1. The van der Waals surface area contributed by atoms with Crippen LogP contribution < -0.4 is 9.61 Å². The van der Waals surface area contributed by atoms with Gasteiger partial charge < -0.3 is 14.2 Å². The number of benzene rings is 1. The molecule has 1 atom stereocenters. The Hall–Kier alpha value is -2.08. The topological polar surface area (TPSA) is 51.5 Å². The molecular weight excluding hydrogens is 312 g/mol. The Morgan fingerprint density at radius 1 is 1.35 bits per heavy atom. The first kappa shape index (κ1) is 17.3. The van der Waals surface area contributed by atoms with E-state index in [1.807, 2.05) is 43.5 Å². The van der Waals surface area contributed by atoms with E-state index in [2.05, 4.69) is 0 Å². The zero-order valence-electron chi connectivity index (χ0n) is 13.9. The first-order valence-electron chi connectivity index (χ1n) is 7.48. The highest BCUT2D eigenvalue weighted by Crippen LogP contribution is 2.22. The lowest BCUT2D eigenvalue weighted by molar-refractivity contribution is -0.132. The van der Waals surface area contributed by atoms with E-state index < -0.39 is 0 Å². The predicted octanol–water partition coefficient (Wildman–Crippen LogP) is 2.84. The maximum atomic E-state index is 12.4. The van der Waals surface area contributed by atoms with Gasteiger partial charge in [-0.15, -0.1) is 0 Å². The first-order valence-corrected chi connectivity index (χ1v) is 8.36. The Morgan fingerprint density at radius 3 is 2.52 bits per heavy atom. The van der Waals surface area contributed by atoms with E-state index in [0.717, 1.165) is 17.0 Å². The van der Waals surface area contributed by atoms with Crippen LogP contribution in [0.2, 0.25) is 0 Å². The minimum Gasteiger partial charge on any atom is -0.497 e. The van der Waals surface area contributed by atoms with E-state index in [1.165, 1.54) is 11.3 Å². The van der Waals surface area contributed by atoms with Gasteiger partial charge in [-0.3, -0.25) is 9.59 Å². The molecule has 0 bridgehead atoms. The van der Waals surface area contributed by atoms with Crippen molar-refractivity contribution in [3.8, 4) is 5.75 Å². The van der Waals surface area contributed by atoms with Gasteiger partial charge in [0.05, 0.1) is 13.2 Å². The van der Waals surface area contributed by atoms with Crippen LogP contribution in [0, 0.1) is 6.92 Å². The summed E-state index contributed by atoms with van der Waals surface area (Å²) in [4.78, 5) is 25.8. The molecule has 0 radical (unpaired) electrons. The van der Waals surface area contributed by atoms with E-state index in [1.54, 1.807) is 23.6 Å². The van der Waals surface area contributed by atoms with Crippen LogP contribution in [0.4, 0.5) is 0 Å². The third kappa shape index (κ3) is 4.01. The van der Waals surface area contributed by atoms with Gasteiger partial charge >= 0.3 is 4.87 Å². The van der Waals surface area contributed by atoms with Crippen LogP contribution in [0.25, 0.3) is 0 Å². The van der Waals surface area contributed by atoms with Gasteiger partial charge in [0.1, 0.15) is 5.75 Å². The number of aromatic nitrogens is 1. The van der Waals surface area contributed by atoms with Crippen molar-refractivity contribution in [2.24, 2.45) is 0 Å². The van der Waals surface area contributed by atoms with Crippen LogP contribution in [0.1, 0.15) is 30.6 Å². The fourth-order valence-electron chi connectivity index (χ4n) is 2.38. The number of aryl methyl sites for hydroxylation is 1. The van der Waals surface area contributed by atoms with Crippen LogP contribution in [-0.2, 0) is 11.3 Å². The van der Waals surface area contributed by atoms with Crippen LogP contribution in [0.15, 0.2) is 34.4 Å². The van der Waals surface area contributed by atoms with Crippen LogP contribution in [0.5, 0.6) is 5.75 Å². The van der Waals surface area contributed by atoms with Crippen LogP contribution >= 0.6 is 11.3 Å². The molecule has 1 aromatic heterocycles. The summed E-state index contributed by atoms with van der Waals surface area (Å²) in [5.41, 5.74) is 1.95. The van der Waals surface area contributed by atoms with Gasteiger partial charge in [0.2, 0.25) is 5.91 Å². The standard InChI is InChI=1S/C17H22N2O3S/c1-12-11-23-17(21)19(12)10-9-16(20)18(3)13(2)14-5-7-15(22-4)8-6-14/h5-8,11,13H,9-10H2,1-4H3. The number of thiazole rings is 1. The Bertz CT molecular complexity index is 718. The fraction of sp³-hybridized carbons (Fsp3) is 0.412. The molecule has 6 heteroatoms. The number of ether oxygens (including phenoxy) is 1. The number of methoxy groups -OCH3 is 1. The summed E-state index contributed by atoms with van der Waals surface area (Å²) in [7, 11) is 3.42. The SMILES string of the molecule is COc1ccc(C(C)N(C)C(=O)CCn2c(C)csc2=O)cc1. The molecule has 0 saturated heterocycles. The van der Waals surface area contributed by atoms with Crippen molar-refractivity contribution in [1.29, 1.82) is 0 Å². The molecule has 0 spiro atoms. The molecule has 1 heterocycles. The maximum absolute atomic E-state index is 12.4. The highest BCUT2D eigenvalue weighted by molar-refractivity contribution is 7.07. The molecule has 0 fully saturated rings. The van der Waals surface area contributed by atoms with Crippen molar-refractivity contribution in [1.82, 2.24) is 9.47 Å². The van der Waals surface area contributed by atoms with Gasteiger partial charge in [-0.2, -0.15) is 0 Å². The lowest BCUT2D eigenvalue weighted by atomic mass is 10.1. The normalized spacial score (nSPS) is 12.0. The summed E-state index contributed by atoms with van der Waals surface area (Å²) >= 11 is 1.17. The third-order valence-corrected chi connectivity index (χ3v) is 4.98. The van der Waals surface area contributed by atoms with Gasteiger partial charge in [-0.1, -0.05) is 23.5 Å². The highest BCUT2D eigenvalue weighted by atomic mass is 32.1. The summed E-state index contributed by atoms with van der Waals surface area (Å²) < 4.78 is 6.79. The highest BCUT2D eigenvalue weighted by Gasteiger charge is 2.18. The van der Waals surface area contributed by atoms with E-state index in [9.17, 15) is 9.59 Å². The van der Waals surface area contributed by atoms with E-state index in [4.69, 9.17) is 4.74 Å². The molecule has 5 nitrogen and oxygen atoms in total. The third-order valence-electron chi connectivity index (χ3n) is 4.10. The Balaban J connectivity index is 1.99. The Kier molecular flexibility index (Phi) is 5.60. The fourth-order valence-corrected chi connectivity index (χ4v) is 3.14. The summed E-state index contributed by atoms with van der Waals surface area (Å²) in [6.07, 6.45) is 0.314. The molecular formula is C17H22N2O3S. The number of rotatable bonds is 6. The van der Waals surface area contributed by atoms with Crippen molar-refractivity contribution >= 4 is 17.2 Å². The van der Waals surface area contributed by atoms with E-state index in [-0.39, 0.29) is 16.8 Å². The summed E-state index contributed by atoms with van der Waals surface area (Å²) in [5, 5.41) is 1.82. The smallest absolute Gasteiger partial charge is 0.307 e. The van der Waals surface area contributed by atoms with Crippen LogP contribution in [-0.4, -0.2) is 29.5 Å². The minimum atomic E-state index is -0.0336. The largest absolute Gasteiger partial charge is 0.497 e. The Labute approximate surface area is 140 Å². The average molecular weight is 334 g/mol. The molecule has 1 unspecified atom stereocenters. The lowest BCUT2D eigenvalue weighted by Gasteiger charge is -2.25. The van der Waals surface area contributed by atoms with Crippen molar-refractivity contribution in [3.63, 3.8) is 0 Å². The second-order valence-corrected chi connectivity index (χ2v) is 6.32. The number of hydrogen-bond acceptors (Lipinski definition) is 4. The molecule has 1 amide bonds. The minimum absolute atomic E-state index is 0.0128. The van der Waals surface area contributed by atoms with Gasteiger partial charge in [0, 0.05) is 31.1 Å². The monoisotopic (exact) mass is 334 g/mol. The van der Waals surface area contributed by atoms with E-state index in [0.29, 0.717) is 13.0 Å². The maximum Gasteiger partial charge on any atom is 0.307 e. The average Bonchev–Trinajstić information content (AvgIpc) is 2.89. The zero-order chi connectivity index (χ0) is 17.0. The summed E-state index contributed by atoms with van der Waals surface area (Å²) in [5.74, 6) is 0.813. The molecule has 0 aliphatic rings. The molecule has 23 heavy (non-hydrogen) atoms. The molecule has 1 aromatic carbocycles. The zero-order valence-corrected chi connectivity index (χ0v) is 14.7.